The van der Waals surface area contributed by atoms with Gasteiger partial charge in [0.1, 0.15) is 13.2 Å². The molecule has 0 amide bonds. The average Bonchev–Trinajstić information content (AvgIpc) is 3.43. The summed E-state index contributed by atoms with van der Waals surface area (Å²) in [6.45, 7) is 6.32. The second kappa shape index (κ2) is 64.1. The first-order valence-corrected chi connectivity index (χ1v) is 31.7. The van der Waals surface area contributed by atoms with Gasteiger partial charge in [-0.2, -0.15) is 0 Å². The Morgan fingerprint density at radius 3 is 0.870 bits per heavy atom. The van der Waals surface area contributed by atoms with Gasteiger partial charge in [-0.25, -0.2) is 0 Å². The number of allylic oxidation sites excluding steroid dienone is 22. The molecule has 0 saturated heterocycles. The maximum absolute atomic E-state index is 12.9. The third-order valence-electron chi connectivity index (χ3n) is 13.1. The largest absolute Gasteiger partial charge is 0.462 e. The van der Waals surface area contributed by atoms with Gasteiger partial charge in [0.2, 0.25) is 0 Å². The molecule has 0 bridgehead atoms. The summed E-state index contributed by atoms with van der Waals surface area (Å²) in [5, 5.41) is 0. The molecule has 0 spiro atoms. The Balaban J connectivity index is 4.33. The Morgan fingerprint density at radius 2 is 0.532 bits per heavy atom. The molecule has 0 aliphatic heterocycles. The average molecular weight is 1070 g/mol. The number of carbonyl (C=O) groups is 3. The Morgan fingerprint density at radius 1 is 0.273 bits per heavy atom. The molecule has 0 N–H and O–H groups in total. The third-order valence-corrected chi connectivity index (χ3v) is 13.1. The van der Waals surface area contributed by atoms with Gasteiger partial charge in [-0.15, -0.1) is 0 Å². The molecule has 1 atom stereocenters. The number of rotatable bonds is 56. The second-order valence-electron chi connectivity index (χ2n) is 20.5. The molecule has 6 heteroatoms. The molecule has 0 aliphatic rings. The van der Waals surface area contributed by atoms with Crippen molar-refractivity contribution in [3.8, 4) is 0 Å². The number of carbonyl (C=O) groups excluding carboxylic acids is 3. The highest BCUT2D eigenvalue weighted by atomic mass is 16.6. The van der Waals surface area contributed by atoms with E-state index >= 15 is 0 Å². The highest BCUT2D eigenvalue weighted by Gasteiger charge is 2.19. The smallest absolute Gasteiger partial charge is 0.306 e. The van der Waals surface area contributed by atoms with E-state index in [4.69, 9.17) is 14.2 Å². The van der Waals surface area contributed by atoms with Crippen LogP contribution in [-0.4, -0.2) is 37.2 Å². The zero-order valence-electron chi connectivity index (χ0n) is 49.9. The first-order valence-electron chi connectivity index (χ1n) is 31.7. The van der Waals surface area contributed by atoms with Gasteiger partial charge in [-0.1, -0.05) is 270 Å². The van der Waals surface area contributed by atoms with E-state index < -0.39 is 6.10 Å². The van der Waals surface area contributed by atoms with Gasteiger partial charge in [0.15, 0.2) is 6.10 Å². The van der Waals surface area contributed by atoms with Gasteiger partial charge < -0.3 is 14.2 Å². The molecule has 77 heavy (non-hydrogen) atoms. The highest BCUT2D eigenvalue weighted by Crippen LogP contribution is 2.15. The third kappa shape index (κ3) is 62.3. The number of esters is 3. The molecule has 0 rings (SSSR count). The molecule has 0 aromatic heterocycles. The van der Waals surface area contributed by atoms with Crippen molar-refractivity contribution >= 4 is 17.9 Å². The van der Waals surface area contributed by atoms with Gasteiger partial charge in [0.25, 0.3) is 0 Å². The quantitative estimate of drug-likeness (QED) is 0.0261. The van der Waals surface area contributed by atoms with Crippen LogP contribution in [0.25, 0.3) is 0 Å². The molecule has 0 heterocycles. The molecule has 0 saturated carbocycles. The van der Waals surface area contributed by atoms with E-state index in [9.17, 15) is 14.4 Å². The number of ether oxygens (including phenoxy) is 3. The Labute approximate surface area is 475 Å². The lowest BCUT2D eigenvalue weighted by Gasteiger charge is -2.18. The fraction of sp³-hybridized carbons (Fsp3) is 0.648. The topological polar surface area (TPSA) is 78.9 Å². The molecule has 0 aromatic rings. The fourth-order valence-corrected chi connectivity index (χ4v) is 8.45. The molecule has 0 aliphatic carbocycles. The zero-order valence-corrected chi connectivity index (χ0v) is 49.9. The SMILES string of the molecule is CC/C=C\C/C=C\C/C=C\C/C=C\CCCCCCC(=O)OC(COC(=O)CC/C=C\C/C=C\C/C=C\C/C=C\CC)COC(=O)CCCCCCCCCCCCCCCC/C=C\C/C=C\C/C=C\CCCCCCC. The molecule has 0 aromatic carbocycles. The predicted molar refractivity (Wildman–Crippen MR) is 334 cm³/mol. The van der Waals surface area contributed by atoms with Crippen LogP contribution in [0.3, 0.4) is 0 Å². The maximum atomic E-state index is 12.9. The van der Waals surface area contributed by atoms with Crippen molar-refractivity contribution in [2.45, 2.75) is 284 Å². The van der Waals surface area contributed by atoms with E-state index in [0.29, 0.717) is 12.8 Å². The molecular formula is C71H116O6. The van der Waals surface area contributed by atoms with Crippen LogP contribution < -0.4 is 0 Å². The number of unbranched alkanes of at least 4 members (excludes halogenated alkanes) is 23. The lowest BCUT2D eigenvalue weighted by atomic mass is 10.0. The van der Waals surface area contributed by atoms with Gasteiger partial charge in [0.05, 0.1) is 0 Å². The van der Waals surface area contributed by atoms with E-state index in [1.807, 2.05) is 12.2 Å². The van der Waals surface area contributed by atoms with Gasteiger partial charge in [-0.3, -0.25) is 14.4 Å². The highest BCUT2D eigenvalue weighted by molar-refractivity contribution is 5.71. The summed E-state index contributed by atoms with van der Waals surface area (Å²) in [6.07, 6.45) is 90.5. The van der Waals surface area contributed by atoms with E-state index in [0.717, 1.165) is 116 Å². The normalized spacial score (nSPS) is 13.0. The van der Waals surface area contributed by atoms with Crippen LogP contribution in [0.2, 0.25) is 0 Å². The number of hydrogen-bond acceptors (Lipinski definition) is 6. The molecule has 1 unspecified atom stereocenters. The summed E-state index contributed by atoms with van der Waals surface area (Å²) in [5.74, 6) is -1.02. The molecular weight excluding hydrogens is 949 g/mol. The van der Waals surface area contributed by atoms with Crippen molar-refractivity contribution in [3.05, 3.63) is 134 Å². The van der Waals surface area contributed by atoms with Crippen LogP contribution in [0.15, 0.2) is 134 Å². The first kappa shape index (κ1) is 72.5. The molecule has 6 nitrogen and oxygen atoms in total. The van der Waals surface area contributed by atoms with Crippen molar-refractivity contribution in [2.24, 2.45) is 0 Å². The summed E-state index contributed by atoms with van der Waals surface area (Å²) in [4.78, 5) is 38.2. The maximum Gasteiger partial charge on any atom is 0.306 e. The minimum atomic E-state index is -0.825. The summed E-state index contributed by atoms with van der Waals surface area (Å²) >= 11 is 0. The van der Waals surface area contributed by atoms with Crippen LogP contribution in [0, 0.1) is 0 Å². The first-order chi connectivity index (χ1) is 38.0. The monoisotopic (exact) mass is 1060 g/mol. The standard InChI is InChI=1S/C71H116O6/c1-4-7-10-13-16-19-22-25-27-29-30-31-32-33-34-35-36-37-38-39-40-42-43-46-49-52-55-58-61-64-70(73)76-67-68(66-75-69(72)63-60-57-54-51-48-45-24-21-18-15-12-9-6-3)77-71(74)65-62-59-56-53-50-47-44-41-28-26-23-20-17-14-11-8-5-2/h8-9,11-12,17-18,20-22,25-26,28-30,32-33,44-45,47-48,54,57,68H,4-7,10,13-16,19,23-24,27,31,34-43,46,49-53,55-56,58-67H2,1-3H3/b11-8-,12-9-,20-17-,21-18-,25-22-,28-26-,30-29-,33-32-,47-44-,48-45-,57-54-. The van der Waals surface area contributed by atoms with Gasteiger partial charge >= 0.3 is 17.9 Å². The Hall–Kier alpha value is -4.45. The minimum absolute atomic E-state index is 0.114. The van der Waals surface area contributed by atoms with Crippen LogP contribution in [0.1, 0.15) is 278 Å². The second-order valence-corrected chi connectivity index (χ2v) is 20.5. The van der Waals surface area contributed by atoms with Crippen LogP contribution >= 0.6 is 0 Å². The van der Waals surface area contributed by atoms with E-state index in [-0.39, 0.29) is 44.0 Å². The van der Waals surface area contributed by atoms with Crippen molar-refractivity contribution in [1.82, 2.24) is 0 Å². The molecule has 0 fully saturated rings. The van der Waals surface area contributed by atoms with E-state index in [1.165, 1.54) is 116 Å². The fourth-order valence-electron chi connectivity index (χ4n) is 8.45. The molecule has 436 valence electrons. The van der Waals surface area contributed by atoms with Crippen molar-refractivity contribution in [1.29, 1.82) is 0 Å². The Bertz CT molecular complexity index is 1650. The number of hydrogen-bond donors (Lipinski definition) is 0. The zero-order chi connectivity index (χ0) is 55.7. The minimum Gasteiger partial charge on any atom is -0.462 e. The Kier molecular flexibility index (Phi) is 60.4. The van der Waals surface area contributed by atoms with E-state index in [2.05, 4.69) is 142 Å². The van der Waals surface area contributed by atoms with Crippen molar-refractivity contribution < 1.29 is 28.6 Å². The van der Waals surface area contributed by atoms with Crippen LogP contribution in [0.5, 0.6) is 0 Å². The lowest BCUT2D eigenvalue weighted by molar-refractivity contribution is -0.166. The van der Waals surface area contributed by atoms with Gasteiger partial charge in [-0.05, 0) is 122 Å². The van der Waals surface area contributed by atoms with Gasteiger partial charge in [0, 0.05) is 19.3 Å². The van der Waals surface area contributed by atoms with Crippen molar-refractivity contribution in [2.75, 3.05) is 13.2 Å². The molecule has 0 radical (unpaired) electrons. The summed E-state index contributed by atoms with van der Waals surface area (Å²) in [7, 11) is 0. The summed E-state index contributed by atoms with van der Waals surface area (Å²) in [6, 6.07) is 0. The van der Waals surface area contributed by atoms with E-state index in [1.54, 1.807) is 0 Å². The van der Waals surface area contributed by atoms with Crippen LogP contribution in [-0.2, 0) is 28.6 Å². The predicted octanol–water partition coefficient (Wildman–Crippen LogP) is 21.8. The lowest BCUT2D eigenvalue weighted by Crippen LogP contribution is -2.30. The van der Waals surface area contributed by atoms with Crippen molar-refractivity contribution in [3.63, 3.8) is 0 Å². The summed E-state index contributed by atoms with van der Waals surface area (Å²) < 4.78 is 16.8. The summed E-state index contributed by atoms with van der Waals surface area (Å²) in [5.41, 5.74) is 0. The van der Waals surface area contributed by atoms with Crippen LogP contribution in [0.4, 0.5) is 0 Å².